The molecule has 0 spiro atoms. The lowest BCUT2D eigenvalue weighted by Gasteiger charge is -2.58. The number of allylic oxidation sites excluding steroid dienone is 1. The zero-order chi connectivity index (χ0) is 52.8. The summed E-state index contributed by atoms with van der Waals surface area (Å²) in [5.41, 5.74) is 1.07. The molecule has 0 aromatic heterocycles. The molecular formula is C51H84O22. The summed E-state index contributed by atoms with van der Waals surface area (Å²) in [6, 6.07) is 0. The molecule has 73 heavy (non-hydrogen) atoms. The topological polar surface area (TPSA) is 346 Å². The van der Waals surface area contributed by atoms with Crippen LogP contribution in [0, 0.1) is 46.3 Å². The number of ether oxygens (including phenoxy) is 9. The minimum absolute atomic E-state index is 0.0589. The third-order valence-corrected chi connectivity index (χ3v) is 19.5. The number of aliphatic hydroxyl groups excluding tert-OH is 12. The summed E-state index contributed by atoms with van der Waals surface area (Å²) in [5, 5.41) is 139. The first kappa shape index (κ1) is 56.6. The molecule has 31 atom stereocenters. The minimum atomic E-state index is -1.75. The molecular weight excluding hydrogens is 965 g/mol. The first-order chi connectivity index (χ1) is 34.5. The third kappa shape index (κ3) is 10.2. The quantitative estimate of drug-likeness (QED) is 0.0839. The molecule has 0 unspecified atom stereocenters. The smallest absolute Gasteiger partial charge is 0.187 e. The number of hydrogen-bond donors (Lipinski definition) is 13. The molecule has 0 amide bonds. The zero-order valence-corrected chi connectivity index (χ0v) is 42.7. The van der Waals surface area contributed by atoms with Crippen molar-refractivity contribution in [1.29, 1.82) is 0 Å². The average molecular weight is 1050 g/mol. The SMILES string of the molecule is C[C@@H](CC[C@@]1(O)O[C@@H]2C[C@@H]3[C@@H]4CC=C5C[C@@H](O[C@@H]6O[C@H](CO)[C@@H](O[C@@H]7O[C@@H](C)[C@H](O)[C@@H](O)[C@H]7O)[C@H](O)[C@H]6O[C@@H]6O[C@@H](C)[C@H](O)[C@@H](O)[C@H]6O)CC[C@]5(C)[C@@H]4CC[C@]3(C)[C@H]2[C@@H]1C)CO[C@@H]1O[C@H](CO)[C@@H](O)[C@H](O)[C@H]1O. The van der Waals surface area contributed by atoms with Gasteiger partial charge in [-0.3, -0.25) is 0 Å². The van der Waals surface area contributed by atoms with Crippen molar-refractivity contribution >= 4 is 0 Å². The van der Waals surface area contributed by atoms with Crippen molar-refractivity contribution in [3.8, 4) is 0 Å². The molecule has 0 bridgehead atoms. The molecule has 0 aromatic carbocycles. The van der Waals surface area contributed by atoms with Gasteiger partial charge in [-0.15, -0.1) is 0 Å². The number of hydrogen-bond acceptors (Lipinski definition) is 22. The van der Waals surface area contributed by atoms with Gasteiger partial charge in [0.2, 0.25) is 0 Å². The lowest BCUT2D eigenvalue weighted by molar-refractivity contribution is -0.388. The van der Waals surface area contributed by atoms with E-state index in [4.69, 9.17) is 42.6 Å². The molecule has 420 valence electrons. The lowest BCUT2D eigenvalue weighted by Crippen LogP contribution is -2.66. The van der Waals surface area contributed by atoms with Gasteiger partial charge in [0.1, 0.15) is 85.5 Å². The van der Waals surface area contributed by atoms with Crippen LogP contribution in [0.15, 0.2) is 11.6 Å². The molecule has 5 saturated heterocycles. The normalized spacial score (nSPS) is 55.5. The van der Waals surface area contributed by atoms with Crippen molar-refractivity contribution in [2.75, 3.05) is 19.8 Å². The lowest BCUT2D eigenvalue weighted by atomic mass is 9.47. The van der Waals surface area contributed by atoms with Crippen LogP contribution in [0.4, 0.5) is 0 Å². The van der Waals surface area contributed by atoms with Crippen LogP contribution < -0.4 is 0 Å². The minimum Gasteiger partial charge on any atom is -0.394 e. The van der Waals surface area contributed by atoms with Crippen LogP contribution in [0.2, 0.25) is 0 Å². The Hall–Kier alpha value is -1.14. The van der Waals surface area contributed by atoms with Gasteiger partial charge in [-0.1, -0.05) is 39.3 Å². The fourth-order valence-electron chi connectivity index (χ4n) is 14.9. The summed E-state index contributed by atoms with van der Waals surface area (Å²) in [6.07, 6.45) is -20.5. The monoisotopic (exact) mass is 1050 g/mol. The Labute approximate surface area is 426 Å². The maximum atomic E-state index is 12.1. The number of rotatable bonds is 14. The van der Waals surface area contributed by atoms with Crippen molar-refractivity contribution in [2.24, 2.45) is 46.3 Å². The molecule has 4 aliphatic carbocycles. The highest BCUT2D eigenvalue weighted by Crippen LogP contribution is 2.70. The second kappa shape index (κ2) is 21.8. The van der Waals surface area contributed by atoms with Crippen LogP contribution in [0.3, 0.4) is 0 Å². The molecule has 3 saturated carbocycles. The summed E-state index contributed by atoms with van der Waals surface area (Å²) in [7, 11) is 0. The van der Waals surface area contributed by atoms with E-state index >= 15 is 0 Å². The Morgan fingerprint density at radius 1 is 0.644 bits per heavy atom. The third-order valence-electron chi connectivity index (χ3n) is 19.5. The van der Waals surface area contributed by atoms with Crippen molar-refractivity contribution < 1.29 is 109 Å². The van der Waals surface area contributed by atoms with Crippen molar-refractivity contribution in [2.45, 2.75) is 240 Å². The Morgan fingerprint density at radius 2 is 1.23 bits per heavy atom. The average Bonchev–Trinajstić information content (AvgIpc) is 3.80. The van der Waals surface area contributed by atoms with E-state index in [0.29, 0.717) is 43.4 Å². The fourth-order valence-corrected chi connectivity index (χ4v) is 14.9. The second-order valence-corrected chi connectivity index (χ2v) is 23.8. The van der Waals surface area contributed by atoms with E-state index < -0.39 is 148 Å². The highest BCUT2D eigenvalue weighted by molar-refractivity contribution is 5.26. The molecule has 22 heteroatoms. The van der Waals surface area contributed by atoms with E-state index in [1.807, 2.05) is 6.92 Å². The van der Waals surface area contributed by atoms with Crippen LogP contribution in [0.5, 0.6) is 0 Å². The number of aliphatic hydroxyl groups is 13. The summed E-state index contributed by atoms with van der Waals surface area (Å²) in [5.74, 6) is -0.232. The number of fused-ring (bicyclic) bond motifs is 7. The van der Waals surface area contributed by atoms with Crippen LogP contribution >= 0.6 is 0 Å². The molecule has 8 fully saturated rings. The van der Waals surface area contributed by atoms with Crippen molar-refractivity contribution in [1.82, 2.24) is 0 Å². The molecule has 5 heterocycles. The summed E-state index contributed by atoms with van der Waals surface area (Å²) in [4.78, 5) is 0. The molecule has 9 rings (SSSR count). The van der Waals surface area contributed by atoms with Gasteiger partial charge in [0.15, 0.2) is 30.9 Å². The molecule has 5 aliphatic heterocycles. The maximum absolute atomic E-state index is 12.1. The summed E-state index contributed by atoms with van der Waals surface area (Å²) in [6.45, 7) is 10.7. The first-order valence-corrected chi connectivity index (χ1v) is 26.8. The molecule has 0 radical (unpaired) electrons. The Balaban J connectivity index is 0.846. The van der Waals surface area contributed by atoms with Crippen LogP contribution in [0.1, 0.15) is 99.3 Å². The van der Waals surface area contributed by atoms with Crippen LogP contribution in [0.25, 0.3) is 0 Å². The van der Waals surface area contributed by atoms with E-state index in [9.17, 15) is 66.4 Å². The van der Waals surface area contributed by atoms with E-state index in [0.717, 1.165) is 32.1 Å². The second-order valence-electron chi connectivity index (χ2n) is 23.8. The zero-order valence-electron chi connectivity index (χ0n) is 42.7. The predicted molar refractivity (Wildman–Crippen MR) is 249 cm³/mol. The molecule has 9 aliphatic rings. The molecule has 0 aromatic rings. The van der Waals surface area contributed by atoms with Gasteiger partial charge >= 0.3 is 0 Å². The van der Waals surface area contributed by atoms with Gasteiger partial charge in [-0.25, -0.2) is 0 Å². The van der Waals surface area contributed by atoms with E-state index in [1.165, 1.54) is 19.4 Å². The van der Waals surface area contributed by atoms with Crippen LogP contribution in [-0.2, 0) is 42.6 Å². The standard InChI is InChI=1S/C51H84O22/c1-20(19-65-45-39(60)38(59)35(56)30(17-52)69-45)9-14-51(64)21(2)32-29(73-51)16-28-26-8-7-24-15-25(10-12-49(24,5)27(26)11-13-50(28,32)6)68-48-44(72-47-41(62)37(58)34(55)23(4)67-47)42(63)43(31(18-53)70-48)71-46-40(61)36(57)33(54)22(3)66-46/h7,20-23,25-48,52-64H,8-19H2,1-6H3/t20-,21-,22-,23-,25-,26+,27+,28+,29+,30+,31+,32-,33-,34-,35+,36+,37+,38-,39+,40+,41+,42-,43+,44+,45+,46-,47-,48+,49-,50-,51+/m0/s1. The van der Waals surface area contributed by atoms with Gasteiger partial charge < -0.3 is 109 Å². The molecule has 13 N–H and O–H groups in total. The van der Waals surface area contributed by atoms with Gasteiger partial charge in [-0.2, -0.15) is 0 Å². The van der Waals surface area contributed by atoms with Gasteiger partial charge in [0.05, 0.1) is 44.2 Å². The van der Waals surface area contributed by atoms with Gasteiger partial charge in [-0.05, 0) is 106 Å². The van der Waals surface area contributed by atoms with Crippen molar-refractivity contribution in [3.63, 3.8) is 0 Å². The van der Waals surface area contributed by atoms with Crippen molar-refractivity contribution in [3.05, 3.63) is 11.6 Å². The Kier molecular flexibility index (Phi) is 16.9. The van der Waals surface area contributed by atoms with E-state index in [1.54, 1.807) is 0 Å². The largest absolute Gasteiger partial charge is 0.394 e. The van der Waals surface area contributed by atoms with Gasteiger partial charge in [0.25, 0.3) is 0 Å². The van der Waals surface area contributed by atoms with E-state index in [2.05, 4.69) is 26.8 Å². The summed E-state index contributed by atoms with van der Waals surface area (Å²) < 4.78 is 54.6. The highest BCUT2D eigenvalue weighted by atomic mass is 16.8. The first-order valence-electron chi connectivity index (χ1n) is 26.8. The molecule has 22 nitrogen and oxygen atoms in total. The maximum Gasteiger partial charge on any atom is 0.187 e. The van der Waals surface area contributed by atoms with E-state index in [-0.39, 0.29) is 41.3 Å². The van der Waals surface area contributed by atoms with Gasteiger partial charge in [0, 0.05) is 12.3 Å². The Bertz CT molecular complexity index is 1900. The predicted octanol–water partition coefficient (Wildman–Crippen LogP) is -1.98. The highest BCUT2D eigenvalue weighted by Gasteiger charge is 2.68. The fraction of sp³-hybridized carbons (Fsp3) is 0.961. The van der Waals surface area contributed by atoms with Crippen LogP contribution in [-0.4, -0.2) is 227 Å². The summed E-state index contributed by atoms with van der Waals surface area (Å²) >= 11 is 0. The Morgan fingerprint density at radius 3 is 1.86 bits per heavy atom.